The highest BCUT2D eigenvalue weighted by Gasteiger charge is 2.25. The van der Waals surface area contributed by atoms with Crippen molar-refractivity contribution in [1.82, 2.24) is 4.90 Å². The highest BCUT2D eigenvalue weighted by atomic mass is 79.9. The van der Waals surface area contributed by atoms with Crippen LogP contribution in [0, 0.1) is 12.8 Å². The molecule has 0 aromatic carbocycles. The van der Waals surface area contributed by atoms with Crippen LogP contribution in [0.15, 0.2) is 9.85 Å². The summed E-state index contributed by atoms with van der Waals surface area (Å²) in [6, 6.07) is 1.93. The molecule has 1 amide bonds. The van der Waals surface area contributed by atoms with Crippen molar-refractivity contribution in [2.75, 3.05) is 19.7 Å². The predicted molar refractivity (Wildman–Crippen MR) is 72.5 cm³/mol. The van der Waals surface area contributed by atoms with Crippen LogP contribution in [0.5, 0.6) is 0 Å². The Hall–Kier alpha value is -0.390. The van der Waals surface area contributed by atoms with E-state index in [1.807, 2.05) is 17.9 Å². The monoisotopic (exact) mass is 317 g/mol. The number of thiophene rings is 1. The number of aryl methyl sites for hydroxylation is 1. The number of carbonyl (C=O) groups excluding carboxylic acids is 1. The van der Waals surface area contributed by atoms with E-state index >= 15 is 0 Å². The molecule has 1 aromatic rings. The van der Waals surface area contributed by atoms with E-state index in [9.17, 15) is 4.79 Å². The van der Waals surface area contributed by atoms with Crippen LogP contribution < -0.4 is 0 Å². The van der Waals surface area contributed by atoms with Crippen molar-refractivity contribution in [3.63, 3.8) is 0 Å². The van der Waals surface area contributed by atoms with Crippen molar-refractivity contribution in [3.05, 3.63) is 20.3 Å². The van der Waals surface area contributed by atoms with E-state index in [0.717, 1.165) is 33.6 Å². The second kappa shape index (κ2) is 5.50. The van der Waals surface area contributed by atoms with Crippen LogP contribution in [-0.2, 0) is 0 Å². The maximum atomic E-state index is 12.3. The molecule has 1 N–H and O–H groups in total. The van der Waals surface area contributed by atoms with Gasteiger partial charge in [-0.2, -0.15) is 0 Å². The molecule has 0 radical (unpaired) electrons. The van der Waals surface area contributed by atoms with Crippen molar-refractivity contribution < 1.29 is 9.90 Å². The number of likely N-dealkylation sites (tertiary alicyclic amines) is 1. The molecule has 5 heteroatoms. The van der Waals surface area contributed by atoms with Crippen LogP contribution in [0.3, 0.4) is 0 Å². The lowest BCUT2D eigenvalue weighted by Crippen LogP contribution is -2.40. The van der Waals surface area contributed by atoms with Gasteiger partial charge >= 0.3 is 0 Å². The number of halogens is 1. The SMILES string of the molecule is Cc1cc(C(=O)N2CCCC(CO)C2)sc1Br. The third kappa shape index (κ3) is 2.89. The Morgan fingerprint density at radius 3 is 3.06 bits per heavy atom. The fourth-order valence-corrected chi connectivity index (χ4v) is 3.62. The molecule has 1 fully saturated rings. The Bertz CT molecular complexity index is 399. The molecule has 0 saturated carbocycles. The van der Waals surface area contributed by atoms with E-state index < -0.39 is 0 Å². The van der Waals surface area contributed by atoms with Gasteiger partial charge in [0.2, 0.25) is 0 Å². The van der Waals surface area contributed by atoms with E-state index in [1.54, 1.807) is 0 Å². The maximum absolute atomic E-state index is 12.3. The Balaban J connectivity index is 2.09. The summed E-state index contributed by atoms with van der Waals surface area (Å²) in [5.74, 6) is 0.346. The molecule has 1 aliphatic rings. The minimum absolute atomic E-state index is 0.0990. The first-order valence-corrected chi connectivity index (χ1v) is 7.39. The number of nitrogens with zero attached hydrogens (tertiary/aromatic N) is 1. The summed E-state index contributed by atoms with van der Waals surface area (Å²) in [6.07, 6.45) is 2.01. The molecule has 17 heavy (non-hydrogen) atoms. The molecule has 2 heterocycles. The van der Waals surface area contributed by atoms with Gasteiger partial charge < -0.3 is 10.0 Å². The van der Waals surface area contributed by atoms with Crippen molar-refractivity contribution in [2.45, 2.75) is 19.8 Å². The van der Waals surface area contributed by atoms with Crippen molar-refractivity contribution in [3.8, 4) is 0 Å². The molecule has 0 bridgehead atoms. The van der Waals surface area contributed by atoms with E-state index in [4.69, 9.17) is 5.11 Å². The average molecular weight is 318 g/mol. The quantitative estimate of drug-likeness (QED) is 0.911. The first-order valence-electron chi connectivity index (χ1n) is 5.78. The lowest BCUT2D eigenvalue weighted by Gasteiger charge is -2.31. The highest BCUT2D eigenvalue weighted by Crippen LogP contribution is 2.29. The normalized spacial score (nSPS) is 20.6. The predicted octanol–water partition coefficient (Wildman–Crippen LogP) is 2.66. The van der Waals surface area contributed by atoms with Gasteiger partial charge in [-0.1, -0.05) is 0 Å². The van der Waals surface area contributed by atoms with Gasteiger partial charge in [0.15, 0.2) is 0 Å². The van der Waals surface area contributed by atoms with E-state index in [0.29, 0.717) is 6.54 Å². The van der Waals surface area contributed by atoms with Crippen LogP contribution >= 0.6 is 27.3 Å². The summed E-state index contributed by atoms with van der Waals surface area (Å²) >= 11 is 4.93. The number of piperidine rings is 1. The summed E-state index contributed by atoms with van der Waals surface area (Å²) in [6.45, 7) is 3.66. The van der Waals surface area contributed by atoms with Gasteiger partial charge in [0.1, 0.15) is 0 Å². The zero-order valence-corrected chi connectivity index (χ0v) is 12.2. The number of hydrogen-bond acceptors (Lipinski definition) is 3. The molecule has 1 unspecified atom stereocenters. The summed E-state index contributed by atoms with van der Waals surface area (Å²) in [4.78, 5) is 14.9. The van der Waals surface area contributed by atoms with E-state index in [-0.39, 0.29) is 18.4 Å². The minimum Gasteiger partial charge on any atom is -0.396 e. The zero-order chi connectivity index (χ0) is 12.4. The third-order valence-corrected chi connectivity index (χ3v) is 5.26. The van der Waals surface area contributed by atoms with Crippen LogP contribution in [-0.4, -0.2) is 35.6 Å². The smallest absolute Gasteiger partial charge is 0.263 e. The van der Waals surface area contributed by atoms with Crippen LogP contribution in [0.4, 0.5) is 0 Å². The van der Waals surface area contributed by atoms with Gasteiger partial charge in [-0.05, 0) is 53.2 Å². The molecule has 1 aliphatic heterocycles. The summed E-state index contributed by atoms with van der Waals surface area (Å²) in [7, 11) is 0. The molecule has 3 nitrogen and oxygen atoms in total. The largest absolute Gasteiger partial charge is 0.396 e. The lowest BCUT2D eigenvalue weighted by atomic mass is 9.99. The van der Waals surface area contributed by atoms with Crippen LogP contribution in [0.25, 0.3) is 0 Å². The standard InChI is InChI=1S/C12H16BrNO2S/c1-8-5-10(17-11(8)13)12(16)14-4-2-3-9(6-14)7-15/h5,9,15H,2-4,6-7H2,1H3. The highest BCUT2D eigenvalue weighted by molar-refractivity contribution is 9.11. The molecular weight excluding hydrogens is 302 g/mol. The summed E-state index contributed by atoms with van der Waals surface area (Å²) in [5, 5.41) is 9.17. The molecule has 0 spiro atoms. The lowest BCUT2D eigenvalue weighted by molar-refractivity contribution is 0.0625. The van der Waals surface area contributed by atoms with Crippen LogP contribution in [0.1, 0.15) is 28.1 Å². The molecule has 2 rings (SSSR count). The molecule has 1 atom stereocenters. The summed E-state index contributed by atoms with van der Waals surface area (Å²) < 4.78 is 1.02. The van der Waals surface area contributed by atoms with Crippen LogP contribution in [0.2, 0.25) is 0 Å². The Labute approximate surface area is 114 Å². The molecule has 94 valence electrons. The minimum atomic E-state index is 0.0990. The third-order valence-electron chi connectivity index (χ3n) is 3.13. The zero-order valence-electron chi connectivity index (χ0n) is 9.78. The average Bonchev–Trinajstić information content (AvgIpc) is 2.69. The van der Waals surface area contributed by atoms with Gasteiger partial charge in [-0.15, -0.1) is 11.3 Å². The first-order chi connectivity index (χ1) is 8.11. The van der Waals surface area contributed by atoms with E-state index in [1.165, 1.54) is 11.3 Å². The fraction of sp³-hybridized carbons (Fsp3) is 0.583. The number of amides is 1. The van der Waals surface area contributed by atoms with Gasteiger partial charge in [-0.25, -0.2) is 0 Å². The van der Waals surface area contributed by atoms with Crippen molar-refractivity contribution >= 4 is 33.2 Å². The number of carbonyl (C=O) groups is 1. The molecule has 1 aromatic heterocycles. The Kier molecular flexibility index (Phi) is 4.22. The fourth-order valence-electron chi connectivity index (χ4n) is 2.12. The second-order valence-corrected chi connectivity index (χ2v) is 6.88. The first kappa shape index (κ1) is 13.1. The topological polar surface area (TPSA) is 40.5 Å². The van der Waals surface area contributed by atoms with Gasteiger partial charge in [0.05, 0.1) is 8.66 Å². The van der Waals surface area contributed by atoms with E-state index in [2.05, 4.69) is 15.9 Å². The Morgan fingerprint density at radius 1 is 1.71 bits per heavy atom. The second-order valence-electron chi connectivity index (χ2n) is 4.51. The molecular formula is C12H16BrNO2S. The number of aliphatic hydroxyl groups is 1. The molecule has 1 saturated heterocycles. The van der Waals surface area contributed by atoms with Crippen molar-refractivity contribution in [2.24, 2.45) is 5.92 Å². The summed E-state index contributed by atoms with van der Waals surface area (Å²) in [5.41, 5.74) is 1.11. The van der Waals surface area contributed by atoms with Gasteiger partial charge in [0, 0.05) is 19.7 Å². The van der Waals surface area contributed by atoms with Gasteiger partial charge in [0.25, 0.3) is 5.91 Å². The number of aliphatic hydroxyl groups excluding tert-OH is 1. The van der Waals surface area contributed by atoms with Crippen molar-refractivity contribution in [1.29, 1.82) is 0 Å². The number of rotatable bonds is 2. The van der Waals surface area contributed by atoms with Gasteiger partial charge in [-0.3, -0.25) is 4.79 Å². The Morgan fingerprint density at radius 2 is 2.47 bits per heavy atom. The molecule has 0 aliphatic carbocycles. The maximum Gasteiger partial charge on any atom is 0.263 e. The number of hydrogen-bond donors (Lipinski definition) is 1.